The Bertz CT molecular complexity index is 155. The van der Waals surface area contributed by atoms with E-state index in [2.05, 4.69) is 12.5 Å². The minimum atomic E-state index is 0.371. The molecule has 0 heterocycles. The lowest BCUT2D eigenvalue weighted by atomic mass is 10.4. The molecule has 2 heteroatoms. The van der Waals surface area contributed by atoms with E-state index in [4.69, 9.17) is 11.7 Å². The van der Waals surface area contributed by atoms with Gasteiger partial charge in [-0.15, -0.1) is 13.0 Å². The van der Waals surface area contributed by atoms with Gasteiger partial charge in [-0.05, 0) is 0 Å². The van der Waals surface area contributed by atoms with Gasteiger partial charge in [-0.1, -0.05) is 12.0 Å². The topological polar surface area (TPSA) is 27.0 Å². The Labute approximate surface area is 61.8 Å². The summed E-state index contributed by atoms with van der Waals surface area (Å²) in [5.74, 6) is 2.46. The minimum absolute atomic E-state index is 0.371. The fourth-order valence-electron chi connectivity index (χ4n) is 0.597. The Morgan fingerprint density at radius 2 is 2.30 bits per heavy atom. The van der Waals surface area contributed by atoms with Gasteiger partial charge >= 0.3 is 0 Å². The van der Waals surface area contributed by atoms with E-state index < -0.39 is 0 Å². The molecule has 0 bridgehead atoms. The van der Waals surface area contributed by atoms with Crippen LogP contribution in [-0.4, -0.2) is 24.5 Å². The highest BCUT2D eigenvalue weighted by Crippen LogP contribution is 1.84. The molecular formula is C8H10N2. The number of nitriles is 1. The highest BCUT2D eigenvalue weighted by atomic mass is 15.1. The molecule has 0 aliphatic rings. The quantitative estimate of drug-likeness (QED) is 0.320. The van der Waals surface area contributed by atoms with E-state index in [0.29, 0.717) is 19.6 Å². The summed E-state index contributed by atoms with van der Waals surface area (Å²) in [5, 5.41) is 8.30. The van der Waals surface area contributed by atoms with Crippen LogP contribution in [0.15, 0.2) is 12.7 Å². The molecule has 0 aliphatic carbocycles. The van der Waals surface area contributed by atoms with E-state index in [1.807, 2.05) is 11.0 Å². The molecule has 0 N–H and O–H groups in total. The summed E-state index contributed by atoms with van der Waals surface area (Å²) in [6, 6.07) is 2.02. The lowest BCUT2D eigenvalue weighted by Crippen LogP contribution is -2.24. The third kappa shape index (κ3) is 3.72. The second-order valence-electron chi connectivity index (χ2n) is 1.82. The Hall–Kier alpha value is -1.25. The second-order valence-corrected chi connectivity index (χ2v) is 1.82. The summed E-state index contributed by atoms with van der Waals surface area (Å²) in [6.45, 7) is 5.11. The Morgan fingerprint density at radius 3 is 2.70 bits per heavy atom. The van der Waals surface area contributed by atoms with E-state index in [0.717, 1.165) is 0 Å². The summed E-state index contributed by atoms with van der Waals surface area (Å²) < 4.78 is 0. The summed E-state index contributed by atoms with van der Waals surface area (Å²) >= 11 is 0. The third-order valence-electron chi connectivity index (χ3n) is 0.997. The van der Waals surface area contributed by atoms with Crippen molar-refractivity contribution in [2.24, 2.45) is 0 Å². The van der Waals surface area contributed by atoms with Crippen molar-refractivity contribution in [1.82, 2.24) is 4.90 Å². The van der Waals surface area contributed by atoms with Crippen molar-refractivity contribution in [2.75, 3.05) is 19.6 Å². The van der Waals surface area contributed by atoms with E-state index in [1.165, 1.54) is 0 Å². The maximum absolute atomic E-state index is 8.30. The molecule has 0 amide bonds. The van der Waals surface area contributed by atoms with Gasteiger partial charge in [-0.25, -0.2) is 0 Å². The van der Waals surface area contributed by atoms with Gasteiger partial charge in [-0.2, -0.15) is 5.26 Å². The van der Waals surface area contributed by atoms with Crippen LogP contribution >= 0.6 is 0 Å². The molecule has 0 saturated heterocycles. The summed E-state index contributed by atoms with van der Waals surface area (Å²) in [6.07, 6.45) is 6.79. The van der Waals surface area contributed by atoms with Crippen LogP contribution in [0.2, 0.25) is 0 Å². The lowest BCUT2D eigenvalue weighted by molar-refractivity contribution is 0.383. The average Bonchev–Trinajstić information content (AvgIpc) is 1.90. The molecule has 0 atom stereocenters. The minimum Gasteiger partial charge on any atom is -0.276 e. The number of rotatable bonds is 4. The monoisotopic (exact) mass is 134 g/mol. The highest BCUT2D eigenvalue weighted by Gasteiger charge is 1.96. The van der Waals surface area contributed by atoms with Crippen LogP contribution in [0.5, 0.6) is 0 Å². The van der Waals surface area contributed by atoms with Crippen molar-refractivity contribution < 1.29 is 0 Å². The Balaban J connectivity index is 3.65. The summed E-state index contributed by atoms with van der Waals surface area (Å²) in [7, 11) is 0. The lowest BCUT2D eigenvalue weighted by Gasteiger charge is -2.11. The zero-order valence-electron chi connectivity index (χ0n) is 5.88. The van der Waals surface area contributed by atoms with Crippen LogP contribution in [0.25, 0.3) is 0 Å². The van der Waals surface area contributed by atoms with Crippen molar-refractivity contribution >= 4 is 0 Å². The molecule has 0 aromatic carbocycles. The van der Waals surface area contributed by atoms with E-state index >= 15 is 0 Å². The molecule has 0 fully saturated rings. The largest absolute Gasteiger partial charge is 0.276 e. The van der Waals surface area contributed by atoms with Crippen molar-refractivity contribution in [3.8, 4) is 18.4 Å². The molecule has 52 valence electrons. The molecule has 0 unspecified atom stereocenters. The zero-order valence-corrected chi connectivity index (χ0v) is 5.88. The standard InChI is InChI=1S/C8H10N2/c1-3-6-10(7-4-2)8-5-9/h1,4H,2,6-8H2. The van der Waals surface area contributed by atoms with Gasteiger partial charge < -0.3 is 0 Å². The van der Waals surface area contributed by atoms with Crippen molar-refractivity contribution in [1.29, 1.82) is 5.26 Å². The maximum Gasteiger partial charge on any atom is 0.0876 e. The zero-order chi connectivity index (χ0) is 7.82. The van der Waals surface area contributed by atoms with E-state index in [1.54, 1.807) is 6.08 Å². The highest BCUT2D eigenvalue weighted by molar-refractivity contribution is 4.92. The molecule has 0 saturated carbocycles. The van der Waals surface area contributed by atoms with Gasteiger partial charge in [0.2, 0.25) is 0 Å². The molecule has 10 heavy (non-hydrogen) atoms. The first kappa shape index (κ1) is 8.75. The molecule has 0 spiro atoms. The number of terminal acetylenes is 1. The average molecular weight is 134 g/mol. The van der Waals surface area contributed by atoms with Crippen LogP contribution < -0.4 is 0 Å². The first-order valence-electron chi connectivity index (χ1n) is 2.98. The van der Waals surface area contributed by atoms with Crippen LogP contribution in [-0.2, 0) is 0 Å². The van der Waals surface area contributed by atoms with Crippen molar-refractivity contribution in [2.45, 2.75) is 0 Å². The molecule has 0 aromatic heterocycles. The van der Waals surface area contributed by atoms with Gasteiger partial charge in [0.25, 0.3) is 0 Å². The Kier molecular flexibility index (Phi) is 5.14. The number of nitrogens with zero attached hydrogens (tertiary/aromatic N) is 2. The van der Waals surface area contributed by atoms with Gasteiger partial charge in [0.05, 0.1) is 19.2 Å². The molecular weight excluding hydrogens is 124 g/mol. The third-order valence-corrected chi connectivity index (χ3v) is 0.997. The summed E-state index contributed by atoms with van der Waals surface area (Å²) in [4.78, 5) is 1.83. The number of hydrogen-bond acceptors (Lipinski definition) is 2. The first-order valence-corrected chi connectivity index (χ1v) is 2.98. The molecule has 0 aliphatic heterocycles. The predicted octanol–water partition coefficient (Wildman–Crippen LogP) is 0.631. The molecule has 0 radical (unpaired) electrons. The van der Waals surface area contributed by atoms with Crippen molar-refractivity contribution in [3.05, 3.63) is 12.7 Å². The fraction of sp³-hybridized carbons (Fsp3) is 0.375. The van der Waals surface area contributed by atoms with Crippen molar-refractivity contribution in [3.63, 3.8) is 0 Å². The smallest absolute Gasteiger partial charge is 0.0876 e. The maximum atomic E-state index is 8.30. The fourth-order valence-corrected chi connectivity index (χ4v) is 0.597. The first-order chi connectivity index (χ1) is 4.85. The Morgan fingerprint density at radius 1 is 1.60 bits per heavy atom. The van der Waals surface area contributed by atoms with Gasteiger partial charge in [0, 0.05) is 6.54 Å². The van der Waals surface area contributed by atoms with Crippen LogP contribution in [0.1, 0.15) is 0 Å². The van der Waals surface area contributed by atoms with Crippen LogP contribution in [0.4, 0.5) is 0 Å². The summed E-state index contributed by atoms with van der Waals surface area (Å²) in [5.41, 5.74) is 0. The van der Waals surface area contributed by atoms with Gasteiger partial charge in [0.15, 0.2) is 0 Å². The molecule has 0 rings (SSSR count). The number of hydrogen-bond donors (Lipinski definition) is 0. The molecule has 2 nitrogen and oxygen atoms in total. The van der Waals surface area contributed by atoms with E-state index in [9.17, 15) is 0 Å². The van der Waals surface area contributed by atoms with Gasteiger partial charge in [-0.3, -0.25) is 4.90 Å². The normalized spacial score (nSPS) is 8.30. The SMILES string of the molecule is C#CCN(CC#N)CC=C. The second kappa shape index (κ2) is 5.88. The van der Waals surface area contributed by atoms with Crippen LogP contribution in [0, 0.1) is 23.7 Å². The van der Waals surface area contributed by atoms with Crippen LogP contribution in [0.3, 0.4) is 0 Å². The van der Waals surface area contributed by atoms with Gasteiger partial charge in [0.1, 0.15) is 0 Å². The molecule has 0 aromatic rings. The predicted molar refractivity (Wildman–Crippen MR) is 41.1 cm³/mol. The van der Waals surface area contributed by atoms with E-state index in [-0.39, 0.29) is 0 Å².